The monoisotopic (exact) mass is 197 g/mol. The fraction of sp³-hybridized carbons (Fsp3) is 0.833. The Morgan fingerprint density at radius 3 is 2.79 bits per heavy atom. The summed E-state index contributed by atoms with van der Waals surface area (Å²) in [5.41, 5.74) is 1.34. The molecule has 1 rings (SSSR count). The third-order valence-electron chi connectivity index (χ3n) is 3.18. The number of rotatable bonds is 5. The lowest BCUT2D eigenvalue weighted by atomic mass is 9.91. The molecule has 0 spiro atoms. The van der Waals surface area contributed by atoms with Crippen LogP contribution in [0.3, 0.4) is 0 Å². The molecule has 0 aliphatic carbocycles. The topological polar surface area (TPSA) is 21.3 Å². The number of hydrogen-bond donors (Lipinski definition) is 1. The van der Waals surface area contributed by atoms with E-state index in [1.54, 1.807) is 0 Å². The predicted molar refractivity (Wildman–Crippen MR) is 60.4 cm³/mol. The number of ether oxygens (including phenoxy) is 1. The summed E-state index contributed by atoms with van der Waals surface area (Å²) in [7, 11) is 2.04. The lowest BCUT2D eigenvalue weighted by molar-refractivity contribution is 0.117. The van der Waals surface area contributed by atoms with Gasteiger partial charge in [0.1, 0.15) is 0 Å². The summed E-state index contributed by atoms with van der Waals surface area (Å²) in [5, 5.41) is 3.39. The quantitative estimate of drug-likeness (QED) is 0.683. The van der Waals surface area contributed by atoms with E-state index in [0.717, 1.165) is 19.4 Å². The minimum Gasteiger partial charge on any atom is -0.378 e. The number of nitrogens with one attached hydrogen (secondary N) is 1. The van der Waals surface area contributed by atoms with E-state index < -0.39 is 0 Å². The van der Waals surface area contributed by atoms with Gasteiger partial charge in [0.25, 0.3) is 0 Å². The standard InChI is InChI=1S/C12H23NO/c1-5-9(2)6-12(13-4)11-7-10(3)14-8-11/h10-13H,2,5-8H2,1,3-4H3. The Labute approximate surface area is 87.7 Å². The molecule has 14 heavy (non-hydrogen) atoms. The first-order valence-electron chi connectivity index (χ1n) is 5.62. The molecular weight excluding hydrogens is 174 g/mol. The fourth-order valence-electron chi connectivity index (χ4n) is 2.09. The van der Waals surface area contributed by atoms with Gasteiger partial charge in [-0.2, -0.15) is 0 Å². The lowest BCUT2D eigenvalue weighted by Gasteiger charge is -2.22. The Morgan fingerprint density at radius 2 is 2.36 bits per heavy atom. The molecule has 0 aromatic carbocycles. The smallest absolute Gasteiger partial charge is 0.0551 e. The molecule has 2 nitrogen and oxygen atoms in total. The third kappa shape index (κ3) is 3.10. The van der Waals surface area contributed by atoms with Gasteiger partial charge in [0.2, 0.25) is 0 Å². The zero-order valence-corrected chi connectivity index (χ0v) is 9.68. The van der Waals surface area contributed by atoms with Crippen LogP contribution in [0.1, 0.15) is 33.1 Å². The summed E-state index contributed by atoms with van der Waals surface area (Å²) >= 11 is 0. The molecule has 0 aromatic heterocycles. The van der Waals surface area contributed by atoms with Crippen LogP contribution in [0.4, 0.5) is 0 Å². The summed E-state index contributed by atoms with van der Waals surface area (Å²) in [5.74, 6) is 0.665. The van der Waals surface area contributed by atoms with E-state index in [0.29, 0.717) is 18.1 Å². The van der Waals surface area contributed by atoms with Gasteiger partial charge >= 0.3 is 0 Å². The normalized spacial score (nSPS) is 29.1. The van der Waals surface area contributed by atoms with Crippen LogP contribution in [-0.2, 0) is 4.74 Å². The van der Waals surface area contributed by atoms with Crippen molar-refractivity contribution in [2.45, 2.75) is 45.3 Å². The largest absolute Gasteiger partial charge is 0.378 e. The van der Waals surface area contributed by atoms with Crippen molar-refractivity contribution in [3.05, 3.63) is 12.2 Å². The van der Waals surface area contributed by atoms with Gasteiger partial charge in [-0.3, -0.25) is 0 Å². The molecule has 0 amide bonds. The molecular formula is C12H23NO. The molecule has 0 saturated carbocycles. The lowest BCUT2D eigenvalue weighted by Crippen LogP contribution is -2.34. The average Bonchev–Trinajstić information content (AvgIpc) is 2.60. The maximum Gasteiger partial charge on any atom is 0.0551 e. The van der Waals surface area contributed by atoms with Crippen LogP contribution in [0.2, 0.25) is 0 Å². The van der Waals surface area contributed by atoms with Gasteiger partial charge in [-0.05, 0) is 33.2 Å². The summed E-state index contributed by atoms with van der Waals surface area (Å²) in [6, 6.07) is 0.549. The molecule has 1 aliphatic rings. The van der Waals surface area contributed by atoms with Crippen LogP contribution in [-0.4, -0.2) is 25.8 Å². The predicted octanol–water partition coefficient (Wildman–Crippen LogP) is 2.36. The van der Waals surface area contributed by atoms with Crippen LogP contribution in [0, 0.1) is 5.92 Å². The van der Waals surface area contributed by atoms with E-state index in [4.69, 9.17) is 4.74 Å². The zero-order chi connectivity index (χ0) is 10.6. The minimum absolute atomic E-state index is 0.436. The molecule has 2 heteroatoms. The second-order valence-electron chi connectivity index (χ2n) is 4.34. The molecule has 1 N–H and O–H groups in total. The highest BCUT2D eigenvalue weighted by Gasteiger charge is 2.28. The third-order valence-corrected chi connectivity index (χ3v) is 3.18. The summed E-state index contributed by atoms with van der Waals surface area (Å²) in [6.45, 7) is 9.30. The van der Waals surface area contributed by atoms with E-state index in [1.165, 1.54) is 12.0 Å². The molecule has 1 saturated heterocycles. The van der Waals surface area contributed by atoms with Gasteiger partial charge in [-0.1, -0.05) is 19.1 Å². The van der Waals surface area contributed by atoms with Crippen molar-refractivity contribution in [2.75, 3.05) is 13.7 Å². The van der Waals surface area contributed by atoms with Crippen LogP contribution in [0.25, 0.3) is 0 Å². The first-order chi connectivity index (χ1) is 6.67. The molecule has 3 unspecified atom stereocenters. The Balaban J connectivity index is 2.41. The minimum atomic E-state index is 0.436. The van der Waals surface area contributed by atoms with Crippen molar-refractivity contribution < 1.29 is 4.74 Å². The van der Waals surface area contributed by atoms with Crippen molar-refractivity contribution in [3.63, 3.8) is 0 Å². The Bertz CT molecular complexity index is 191. The fourth-order valence-corrected chi connectivity index (χ4v) is 2.09. The highest BCUT2D eigenvalue weighted by molar-refractivity contribution is 4.98. The molecule has 1 heterocycles. The highest BCUT2D eigenvalue weighted by Crippen LogP contribution is 2.25. The van der Waals surface area contributed by atoms with E-state index >= 15 is 0 Å². The average molecular weight is 197 g/mol. The first-order valence-corrected chi connectivity index (χ1v) is 5.62. The SMILES string of the molecule is C=C(CC)CC(NC)C1COC(C)C1. The van der Waals surface area contributed by atoms with Gasteiger partial charge in [0.15, 0.2) is 0 Å². The molecule has 82 valence electrons. The zero-order valence-electron chi connectivity index (χ0n) is 9.68. The van der Waals surface area contributed by atoms with Gasteiger partial charge in [0, 0.05) is 12.0 Å². The van der Waals surface area contributed by atoms with Crippen molar-refractivity contribution in [1.82, 2.24) is 5.32 Å². The molecule has 0 radical (unpaired) electrons. The van der Waals surface area contributed by atoms with E-state index in [1.807, 2.05) is 7.05 Å². The summed E-state index contributed by atoms with van der Waals surface area (Å²) < 4.78 is 5.59. The van der Waals surface area contributed by atoms with Crippen LogP contribution in [0.5, 0.6) is 0 Å². The first kappa shape index (κ1) is 11.7. The maximum absolute atomic E-state index is 5.59. The Kier molecular flexibility index (Phi) is 4.63. The van der Waals surface area contributed by atoms with Crippen molar-refractivity contribution in [3.8, 4) is 0 Å². The van der Waals surface area contributed by atoms with Gasteiger partial charge in [-0.15, -0.1) is 0 Å². The van der Waals surface area contributed by atoms with Crippen molar-refractivity contribution >= 4 is 0 Å². The molecule has 1 aliphatic heterocycles. The van der Waals surface area contributed by atoms with Crippen LogP contribution >= 0.6 is 0 Å². The summed E-state index contributed by atoms with van der Waals surface area (Å²) in [4.78, 5) is 0. The second-order valence-corrected chi connectivity index (χ2v) is 4.34. The molecule has 3 atom stereocenters. The highest BCUT2D eigenvalue weighted by atomic mass is 16.5. The van der Waals surface area contributed by atoms with E-state index in [-0.39, 0.29) is 0 Å². The summed E-state index contributed by atoms with van der Waals surface area (Å²) in [6.07, 6.45) is 3.79. The molecule has 0 aromatic rings. The van der Waals surface area contributed by atoms with E-state index in [9.17, 15) is 0 Å². The van der Waals surface area contributed by atoms with Crippen molar-refractivity contribution in [1.29, 1.82) is 0 Å². The molecule has 0 bridgehead atoms. The molecule has 1 fully saturated rings. The Morgan fingerprint density at radius 1 is 1.64 bits per heavy atom. The van der Waals surface area contributed by atoms with Crippen LogP contribution in [0.15, 0.2) is 12.2 Å². The Hall–Kier alpha value is -0.340. The number of hydrogen-bond acceptors (Lipinski definition) is 2. The van der Waals surface area contributed by atoms with Crippen molar-refractivity contribution in [2.24, 2.45) is 5.92 Å². The van der Waals surface area contributed by atoms with Gasteiger partial charge < -0.3 is 10.1 Å². The second kappa shape index (κ2) is 5.52. The van der Waals surface area contributed by atoms with Gasteiger partial charge in [0.05, 0.1) is 12.7 Å². The van der Waals surface area contributed by atoms with E-state index in [2.05, 4.69) is 25.7 Å². The van der Waals surface area contributed by atoms with Gasteiger partial charge in [-0.25, -0.2) is 0 Å². The maximum atomic E-state index is 5.59. The van der Waals surface area contributed by atoms with Crippen LogP contribution < -0.4 is 5.32 Å².